The van der Waals surface area contributed by atoms with Gasteiger partial charge in [-0.05, 0) is 67.0 Å². The SMILES string of the molecule is CCc1cc(CC)c(C=Cc2c(CC)sc(C)c2C)cc1C#N. The van der Waals surface area contributed by atoms with Gasteiger partial charge in [-0.15, -0.1) is 11.3 Å². The van der Waals surface area contributed by atoms with Gasteiger partial charge in [0.2, 0.25) is 0 Å². The number of nitrogens with zero attached hydrogens (tertiary/aromatic N) is 1. The molecule has 0 saturated carbocycles. The van der Waals surface area contributed by atoms with E-state index >= 15 is 0 Å². The maximum absolute atomic E-state index is 9.38. The normalized spacial score (nSPS) is 11.1. The zero-order valence-corrected chi connectivity index (χ0v) is 15.6. The molecule has 0 unspecified atom stereocenters. The van der Waals surface area contributed by atoms with E-state index in [1.54, 1.807) is 0 Å². The molecule has 0 fully saturated rings. The summed E-state index contributed by atoms with van der Waals surface area (Å²) in [5, 5.41) is 9.38. The molecule has 23 heavy (non-hydrogen) atoms. The Morgan fingerprint density at radius 3 is 2.26 bits per heavy atom. The lowest BCUT2D eigenvalue weighted by atomic mass is 9.95. The van der Waals surface area contributed by atoms with Crippen molar-refractivity contribution in [1.29, 1.82) is 5.26 Å². The summed E-state index contributed by atoms with van der Waals surface area (Å²) < 4.78 is 0. The van der Waals surface area contributed by atoms with E-state index in [0.717, 1.165) is 30.4 Å². The van der Waals surface area contributed by atoms with Gasteiger partial charge in [0.15, 0.2) is 0 Å². The molecule has 0 aliphatic heterocycles. The molecule has 2 aromatic rings. The monoisotopic (exact) mass is 323 g/mol. The summed E-state index contributed by atoms with van der Waals surface area (Å²) in [6.45, 7) is 10.9. The number of nitriles is 1. The third-order valence-corrected chi connectivity index (χ3v) is 5.87. The fourth-order valence-electron chi connectivity index (χ4n) is 2.94. The minimum atomic E-state index is 0.804. The molecule has 2 heteroatoms. The minimum Gasteiger partial charge on any atom is -0.192 e. The summed E-state index contributed by atoms with van der Waals surface area (Å²) >= 11 is 1.90. The molecule has 0 atom stereocenters. The number of thiophene rings is 1. The van der Waals surface area contributed by atoms with Crippen LogP contribution in [0.25, 0.3) is 12.2 Å². The molecule has 1 heterocycles. The molecule has 1 aromatic heterocycles. The Bertz CT molecular complexity index is 772. The lowest BCUT2D eigenvalue weighted by Gasteiger charge is -2.09. The van der Waals surface area contributed by atoms with Crippen molar-refractivity contribution in [2.24, 2.45) is 0 Å². The summed E-state index contributed by atoms with van der Waals surface area (Å²) in [4.78, 5) is 2.84. The van der Waals surface area contributed by atoms with Gasteiger partial charge in [0.25, 0.3) is 0 Å². The van der Waals surface area contributed by atoms with Crippen molar-refractivity contribution in [2.45, 2.75) is 53.9 Å². The molecule has 120 valence electrons. The average molecular weight is 324 g/mol. The van der Waals surface area contributed by atoms with E-state index < -0.39 is 0 Å². The molecule has 0 saturated heterocycles. The van der Waals surface area contributed by atoms with Gasteiger partial charge in [-0.2, -0.15) is 5.26 Å². The van der Waals surface area contributed by atoms with Gasteiger partial charge >= 0.3 is 0 Å². The molecule has 0 bridgehead atoms. The first kappa shape index (κ1) is 17.5. The van der Waals surface area contributed by atoms with Gasteiger partial charge in [0, 0.05) is 9.75 Å². The summed E-state index contributed by atoms with van der Waals surface area (Å²) in [5.74, 6) is 0. The predicted octanol–water partition coefficient (Wildman–Crippen LogP) is 6.09. The summed E-state index contributed by atoms with van der Waals surface area (Å²) in [6.07, 6.45) is 7.38. The highest BCUT2D eigenvalue weighted by molar-refractivity contribution is 7.12. The van der Waals surface area contributed by atoms with Gasteiger partial charge in [-0.3, -0.25) is 0 Å². The molecule has 0 aliphatic rings. The Balaban J connectivity index is 2.50. The van der Waals surface area contributed by atoms with E-state index in [2.05, 4.69) is 58.9 Å². The van der Waals surface area contributed by atoms with Crippen molar-refractivity contribution in [2.75, 3.05) is 0 Å². The summed E-state index contributed by atoms with van der Waals surface area (Å²) in [7, 11) is 0. The van der Waals surface area contributed by atoms with Crippen LogP contribution in [0.4, 0.5) is 0 Å². The van der Waals surface area contributed by atoms with Crippen LogP contribution in [0, 0.1) is 25.2 Å². The lowest BCUT2D eigenvalue weighted by molar-refractivity contribution is 1.07. The maximum atomic E-state index is 9.38. The van der Waals surface area contributed by atoms with Crippen LogP contribution < -0.4 is 0 Å². The van der Waals surface area contributed by atoms with E-state index in [1.807, 2.05) is 17.4 Å². The zero-order chi connectivity index (χ0) is 17.0. The van der Waals surface area contributed by atoms with E-state index in [0.29, 0.717) is 0 Å². The van der Waals surface area contributed by atoms with Crippen molar-refractivity contribution < 1.29 is 0 Å². The standard InChI is InChI=1S/C21H25NS/c1-6-16-11-17(7-2)19(13-22)12-18(16)9-10-20-14(4)15(5)23-21(20)8-3/h9-12H,6-8H2,1-5H3. The molecule has 2 rings (SSSR count). The molecule has 0 amide bonds. The average Bonchev–Trinajstić information content (AvgIpc) is 2.86. The van der Waals surface area contributed by atoms with Crippen molar-refractivity contribution in [3.8, 4) is 6.07 Å². The van der Waals surface area contributed by atoms with Crippen molar-refractivity contribution >= 4 is 23.5 Å². The van der Waals surface area contributed by atoms with Crippen LogP contribution >= 0.6 is 11.3 Å². The van der Waals surface area contributed by atoms with Gasteiger partial charge in [-0.1, -0.05) is 39.0 Å². The quantitative estimate of drug-likeness (QED) is 0.652. The van der Waals surface area contributed by atoms with E-state index in [4.69, 9.17) is 0 Å². The topological polar surface area (TPSA) is 23.8 Å². The molecule has 1 nitrogen and oxygen atoms in total. The third-order valence-electron chi connectivity index (χ3n) is 4.51. The van der Waals surface area contributed by atoms with Crippen molar-refractivity contribution in [1.82, 2.24) is 0 Å². The number of aryl methyl sites for hydroxylation is 4. The highest BCUT2D eigenvalue weighted by atomic mass is 32.1. The Morgan fingerprint density at radius 1 is 1.00 bits per heavy atom. The van der Waals surface area contributed by atoms with Crippen LogP contribution in [0.15, 0.2) is 12.1 Å². The smallest absolute Gasteiger partial charge is 0.0994 e. The van der Waals surface area contributed by atoms with E-state index in [1.165, 1.54) is 32.0 Å². The summed E-state index contributed by atoms with van der Waals surface area (Å²) in [5.41, 5.74) is 7.19. The molecule has 0 N–H and O–H groups in total. The number of rotatable bonds is 5. The zero-order valence-electron chi connectivity index (χ0n) is 14.8. The lowest BCUT2D eigenvalue weighted by Crippen LogP contribution is -1.95. The molecule has 0 radical (unpaired) electrons. The van der Waals surface area contributed by atoms with Gasteiger partial charge in [0.1, 0.15) is 0 Å². The first-order valence-corrected chi connectivity index (χ1v) is 9.20. The first-order valence-electron chi connectivity index (χ1n) is 8.38. The Kier molecular flexibility index (Phi) is 5.80. The fraction of sp³-hybridized carbons (Fsp3) is 0.381. The second-order valence-corrected chi connectivity index (χ2v) is 7.14. The fourth-order valence-corrected chi connectivity index (χ4v) is 4.05. The predicted molar refractivity (Wildman–Crippen MR) is 102 cm³/mol. The molecule has 0 spiro atoms. The Hall–Kier alpha value is -1.85. The van der Waals surface area contributed by atoms with Crippen LogP contribution in [-0.2, 0) is 19.3 Å². The van der Waals surface area contributed by atoms with Crippen LogP contribution in [-0.4, -0.2) is 0 Å². The third kappa shape index (κ3) is 3.57. The van der Waals surface area contributed by atoms with Gasteiger partial charge in [0.05, 0.1) is 11.6 Å². The molecular weight excluding hydrogens is 298 g/mol. The highest BCUT2D eigenvalue weighted by Crippen LogP contribution is 2.30. The molecular formula is C21H25NS. The summed E-state index contributed by atoms with van der Waals surface area (Å²) in [6, 6.07) is 6.59. The first-order chi connectivity index (χ1) is 11.0. The molecule has 0 aliphatic carbocycles. The Labute approximate surface area is 144 Å². The van der Waals surface area contributed by atoms with E-state index in [-0.39, 0.29) is 0 Å². The van der Waals surface area contributed by atoms with Gasteiger partial charge in [-0.25, -0.2) is 0 Å². The van der Waals surface area contributed by atoms with Crippen LogP contribution in [0.5, 0.6) is 0 Å². The Morgan fingerprint density at radius 2 is 1.70 bits per heavy atom. The molecule has 1 aromatic carbocycles. The van der Waals surface area contributed by atoms with Crippen molar-refractivity contribution in [3.63, 3.8) is 0 Å². The second kappa shape index (κ2) is 7.62. The van der Waals surface area contributed by atoms with Crippen LogP contribution in [0.2, 0.25) is 0 Å². The number of hydrogen-bond donors (Lipinski definition) is 0. The van der Waals surface area contributed by atoms with Gasteiger partial charge < -0.3 is 0 Å². The maximum Gasteiger partial charge on any atom is 0.0994 e. The minimum absolute atomic E-state index is 0.804. The van der Waals surface area contributed by atoms with Crippen LogP contribution in [0.3, 0.4) is 0 Å². The van der Waals surface area contributed by atoms with Crippen molar-refractivity contribution in [3.05, 3.63) is 55.3 Å². The van der Waals surface area contributed by atoms with Crippen LogP contribution in [0.1, 0.15) is 63.9 Å². The van der Waals surface area contributed by atoms with E-state index in [9.17, 15) is 5.26 Å². The number of benzene rings is 1. The highest BCUT2D eigenvalue weighted by Gasteiger charge is 2.10. The largest absolute Gasteiger partial charge is 0.192 e. The number of hydrogen-bond acceptors (Lipinski definition) is 2. The second-order valence-electron chi connectivity index (χ2n) is 5.83.